The van der Waals surface area contributed by atoms with Crippen molar-refractivity contribution in [2.24, 2.45) is 0 Å². The van der Waals surface area contributed by atoms with Crippen LogP contribution in [0.2, 0.25) is 5.02 Å². The molecule has 0 atom stereocenters. The van der Waals surface area contributed by atoms with Crippen LogP contribution in [0.1, 0.15) is 25.8 Å². The monoisotopic (exact) mass is 398 g/mol. The lowest BCUT2D eigenvalue weighted by molar-refractivity contribution is -0.143. The molecule has 0 aliphatic heterocycles. The predicted octanol–water partition coefficient (Wildman–Crippen LogP) is 2.54. The van der Waals surface area contributed by atoms with Gasteiger partial charge in [0.05, 0.1) is 18.7 Å². The molecule has 0 bridgehead atoms. The number of halogens is 1. The Kier molecular flexibility index (Phi) is 9.74. The molecule has 1 aromatic rings. The molecule has 0 aliphatic carbocycles. The highest BCUT2D eigenvalue weighted by atomic mass is 35.5. The third kappa shape index (κ3) is 8.00. The molecule has 3 amide bonds. The maximum absolute atomic E-state index is 11.7. The summed E-state index contributed by atoms with van der Waals surface area (Å²) in [5.41, 5.74) is 0.588. The average Bonchev–Trinajstić information content (AvgIpc) is 2.63. The summed E-state index contributed by atoms with van der Waals surface area (Å²) in [5, 5.41) is 4.84. The number of esters is 1. The molecule has 0 unspecified atom stereocenters. The van der Waals surface area contributed by atoms with Crippen molar-refractivity contribution < 1.29 is 28.6 Å². The van der Waals surface area contributed by atoms with Crippen molar-refractivity contribution in [2.75, 3.05) is 26.9 Å². The lowest BCUT2D eigenvalue weighted by atomic mass is 10.2. The van der Waals surface area contributed by atoms with Crippen molar-refractivity contribution in [1.29, 1.82) is 0 Å². The summed E-state index contributed by atoms with van der Waals surface area (Å²) >= 11 is 6.13. The van der Waals surface area contributed by atoms with Gasteiger partial charge in [-0.1, -0.05) is 18.5 Å². The number of urea groups is 1. The molecule has 9 heteroatoms. The number of rotatable bonds is 9. The van der Waals surface area contributed by atoms with Gasteiger partial charge in [0.1, 0.15) is 0 Å². The van der Waals surface area contributed by atoms with Gasteiger partial charge in [0, 0.05) is 12.6 Å². The maximum atomic E-state index is 11.7. The largest absolute Gasteiger partial charge is 0.491 e. The van der Waals surface area contributed by atoms with Gasteiger partial charge in [-0.3, -0.25) is 10.1 Å². The van der Waals surface area contributed by atoms with Crippen molar-refractivity contribution in [2.45, 2.75) is 20.3 Å². The van der Waals surface area contributed by atoms with Gasteiger partial charge in [0.2, 0.25) is 0 Å². The topological polar surface area (TPSA) is 103 Å². The lowest BCUT2D eigenvalue weighted by Crippen LogP contribution is -2.41. The molecule has 0 aromatic heterocycles. The van der Waals surface area contributed by atoms with Crippen LogP contribution in [-0.4, -0.2) is 44.8 Å². The second kappa shape index (κ2) is 11.8. The second-order valence-electron chi connectivity index (χ2n) is 5.21. The van der Waals surface area contributed by atoms with Crippen molar-refractivity contribution >= 4 is 35.6 Å². The molecule has 0 heterocycles. The molecule has 8 nitrogen and oxygen atoms in total. The van der Waals surface area contributed by atoms with Crippen LogP contribution in [0.25, 0.3) is 6.08 Å². The molecule has 1 rings (SSSR count). The van der Waals surface area contributed by atoms with Gasteiger partial charge in [0.25, 0.3) is 5.91 Å². The quantitative estimate of drug-likeness (QED) is 0.489. The van der Waals surface area contributed by atoms with E-state index in [0.717, 1.165) is 12.5 Å². The molecular formula is C18H23ClN2O6. The fourth-order valence-electron chi connectivity index (χ4n) is 1.94. The van der Waals surface area contributed by atoms with E-state index in [4.69, 9.17) is 25.8 Å². The molecular weight excluding hydrogens is 376 g/mol. The molecule has 0 saturated carbocycles. The van der Waals surface area contributed by atoms with Crippen LogP contribution in [0, 0.1) is 0 Å². The standard InChI is InChI=1S/C18H23ClN2O6/c1-4-8-20-18(24)21-15(22)11-27-16(23)7-6-12-9-13(19)17(25-3)14(10-12)26-5-2/h6-7,9-10H,4-5,8,11H2,1-3H3,(H2,20,21,22,24)/b7-6+. The Labute approximate surface area is 162 Å². The Morgan fingerprint density at radius 2 is 1.96 bits per heavy atom. The van der Waals surface area contributed by atoms with Crippen molar-refractivity contribution in [3.05, 3.63) is 28.8 Å². The number of hydrogen-bond donors (Lipinski definition) is 2. The first-order chi connectivity index (χ1) is 12.9. The fraction of sp³-hybridized carbons (Fsp3) is 0.389. The molecule has 0 fully saturated rings. The van der Waals surface area contributed by atoms with E-state index in [1.807, 2.05) is 19.2 Å². The van der Waals surface area contributed by atoms with Gasteiger partial charge in [0.15, 0.2) is 18.1 Å². The van der Waals surface area contributed by atoms with E-state index in [9.17, 15) is 14.4 Å². The van der Waals surface area contributed by atoms with Gasteiger partial charge in [-0.05, 0) is 37.1 Å². The lowest BCUT2D eigenvalue weighted by Gasteiger charge is -2.11. The highest BCUT2D eigenvalue weighted by Crippen LogP contribution is 2.36. The summed E-state index contributed by atoms with van der Waals surface area (Å²) in [6.07, 6.45) is 3.34. The summed E-state index contributed by atoms with van der Waals surface area (Å²) in [4.78, 5) is 34.5. The zero-order chi connectivity index (χ0) is 20.2. The number of hydrogen-bond acceptors (Lipinski definition) is 6. The predicted molar refractivity (Wildman–Crippen MR) is 101 cm³/mol. The number of amides is 3. The average molecular weight is 399 g/mol. The van der Waals surface area contributed by atoms with Crippen LogP contribution in [0.5, 0.6) is 11.5 Å². The summed E-state index contributed by atoms with van der Waals surface area (Å²) in [7, 11) is 1.48. The molecule has 2 N–H and O–H groups in total. The molecule has 27 heavy (non-hydrogen) atoms. The van der Waals surface area contributed by atoms with Crippen LogP contribution in [0.15, 0.2) is 18.2 Å². The Balaban J connectivity index is 2.60. The highest BCUT2D eigenvalue weighted by Gasteiger charge is 2.11. The van der Waals surface area contributed by atoms with Crippen LogP contribution in [-0.2, 0) is 14.3 Å². The SMILES string of the molecule is CCCNC(=O)NC(=O)COC(=O)/C=C/c1cc(Cl)c(OC)c(OCC)c1. The Morgan fingerprint density at radius 3 is 2.59 bits per heavy atom. The zero-order valence-electron chi connectivity index (χ0n) is 15.5. The zero-order valence-corrected chi connectivity index (χ0v) is 16.2. The highest BCUT2D eigenvalue weighted by molar-refractivity contribution is 6.32. The summed E-state index contributed by atoms with van der Waals surface area (Å²) in [6.45, 7) is 3.99. The third-order valence-corrected chi connectivity index (χ3v) is 3.36. The number of imide groups is 1. The van der Waals surface area contributed by atoms with Crippen LogP contribution < -0.4 is 20.1 Å². The van der Waals surface area contributed by atoms with E-state index in [0.29, 0.717) is 35.2 Å². The molecule has 0 aliphatic rings. The smallest absolute Gasteiger partial charge is 0.331 e. The van der Waals surface area contributed by atoms with E-state index in [2.05, 4.69) is 5.32 Å². The van der Waals surface area contributed by atoms with Gasteiger partial charge < -0.3 is 19.5 Å². The molecule has 0 radical (unpaired) electrons. The Bertz CT molecular complexity index is 705. The van der Waals surface area contributed by atoms with E-state index in [1.54, 1.807) is 12.1 Å². The first-order valence-electron chi connectivity index (χ1n) is 8.34. The van der Waals surface area contributed by atoms with Gasteiger partial charge in [-0.25, -0.2) is 9.59 Å². The van der Waals surface area contributed by atoms with E-state index in [1.165, 1.54) is 13.2 Å². The van der Waals surface area contributed by atoms with Crippen LogP contribution in [0.4, 0.5) is 4.79 Å². The van der Waals surface area contributed by atoms with E-state index in [-0.39, 0.29) is 0 Å². The number of benzene rings is 1. The maximum Gasteiger partial charge on any atom is 0.331 e. The minimum atomic E-state index is -0.746. The van der Waals surface area contributed by atoms with Crippen LogP contribution >= 0.6 is 11.6 Å². The third-order valence-electron chi connectivity index (χ3n) is 3.08. The number of carbonyl (C=O) groups excluding carboxylic acids is 3. The summed E-state index contributed by atoms with van der Waals surface area (Å²) in [5.74, 6) is -0.630. The molecule has 148 valence electrons. The van der Waals surface area contributed by atoms with Gasteiger partial charge >= 0.3 is 12.0 Å². The normalized spacial score (nSPS) is 10.4. The van der Waals surface area contributed by atoms with Crippen molar-refractivity contribution in [1.82, 2.24) is 10.6 Å². The number of nitrogens with one attached hydrogen (secondary N) is 2. The van der Waals surface area contributed by atoms with E-state index >= 15 is 0 Å². The van der Waals surface area contributed by atoms with Gasteiger partial charge in [-0.2, -0.15) is 0 Å². The Hall–Kier alpha value is -2.74. The molecule has 0 saturated heterocycles. The minimum absolute atomic E-state index is 0.328. The number of ether oxygens (including phenoxy) is 3. The van der Waals surface area contributed by atoms with Gasteiger partial charge in [-0.15, -0.1) is 0 Å². The van der Waals surface area contributed by atoms with Crippen molar-refractivity contribution in [3.63, 3.8) is 0 Å². The van der Waals surface area contributed by atoms with E-state index < -0.39 is 24.5 Å². The van der Waals surface area contributed by atoms with Crippen LogP contribution in [0.3, 0.4) is 0 Å². The number of methoxy groups -OCH3 is 1. The summed E-state index contributed by atoms with van der Waals surface area (Å²) in [6, 6.07) is 2.62. The van der Waals surface area contributed by atoms with Crippen molar-refractivity contribution in [3.8, 4) is 11.5 Å². The summed E-state index contributed by atoms with van der Waals surface area (Å²) < 4.78 is 15.4. The molecule has 0 spiro atoms. The first-order valence-corrected chi connectivity index (χ1v) is 8.71. The fourth-order valence-corrected chi connectivity index (χ4v) is 2.24. The Morgan fingerprint density at radius 1 is 1.22 bits per heavy atom. The minimum Gasteiger partial charge on any atom is -0.491 e. The first kappa shape index (κ1) is 22.3. The second-order valence-corrected chi connectivity index (χ2v) is 5.62. The number of carbonyl (C=O) groups is 3. The molecule has 1 aromatic carbocycles.